The van der Waals surface area contributed by atoms with Gasteiger partial charge in [0, 0.05) is 23.7 Å². The molecule has 0 saturated heterocycles. The molecule has 0 aliphatic rings. The van der Waals surface area contributed by atoms with E-state index in [0.717, 1.165) is 41.6 Å². The van der Waals surface area contributed by atoms with Gasteiger partial charge in [-0.05, 0) is 69.4 Å². The second-order valence-electron chi connectivity index (χ2n) is 8.11. The molecule has 2 aromatic carbocycles. The maximum Gasteiger partial charge on any atom is 0.416 e. The van der Waals surface area contributed by atoms with Crippen LogP contribution in [0.25, 0.3) is 32.7 Å². The molecule has 5 nitrogen and oxygen atoms in total. The van der Waals surface area contributed by atoms with E-state index in [0.29, 0.717) is 28.4 Å². The topological polar surface area (TPSA) is 53.9 Å². The van der Waals surface area contributed by atoms with Gasteiger partial charge in [-0.1, -0.05) is 12.1 Å². The van der Waals surface area contributed by atoms with Crippen LogP contribution in [0.2, 0.25) is 0 Å². The lowest BCUT2D eigenvalue weighted by Crippen LogP contribution is -2.17. The number of rotatable bonds is 7. The zero-order valence-electron chi connectivity index (χ0n) is 18.6. The van der Waals surface area contributed by atoms with Crippen molar-refractivity contribution in [3.8, 4) is 21.8 Å². The highest BCUT2D eigenvalue weighted by Gasteiger charge is 2.32. The SMILES string of the molecule is Cc1cccc2c(NCCCN(C)C)nc(-c3cc(-c4cncs4)cc(C(F)(F)F)c3)nc12. The fourth-order valence-electron chi connectivity index (χ4n) is 3.58. The van der Waals surface area contributed by atoms with Crippen molar-refractivity contribution in [3.63, 3.8) is 0 Å². The summed E-state index contributed by atoms with van der Waals surface area (Å²) >= 11 is 1.29. The summed E-state index contributed by atoms with van der Waals surface area (Å²) in [6.45, 7) is 3.53. The van der Waals surface area contributed by atoms with E-state index >= 15 is 0 Å². The Kier molecular flexibility index (Phi) is 6.62. The van der Waals surface area contributed by atoms with E-state index in [1.54, 1.807) is 17.8 Å². The van der Waals surface area contributed by atoms with E-state index in [1.165, 1.54) is 11.3 Å². The van der Waals surface area contributed by atoms with Crippen molar-refractivity contribution in [2.45, 2.75) is 19.5 Å². The molecule has 0 radical (unpaired) electrons. The minimum Gasteiger partial charge on any atom is -0.369 e. The Hall–Kier alpha value is -3.04. The molecule has 0 unspecified atom stereocenters. The Labute approximate surface area is 194 Å². The first-order valence-electron chi connectivity index (χ1n) is 10.5. The third-order valence-corrected chi connectivity index (χ3v) is 6.06. The molecule has 0 aliphatic heterocycles. The number of thiazole rings is 1. The third-order valence-electron chi connectivity index (χ3n) is 5.24. The molecule has 0 bridgehead atoms. The number of benzene rings is 2. The van der Waals surface area contributed by atoms with Crippen molar-refractivity contribution in [1.82, 2.24) is 19.9 Å². The van der Waals surface area contributed by atoms with Crippen molar-refractivity contribution >= 4 is 28.1 Å². The first-order valence-corrected chi connectivity index (χ1v) is 11.4. The van der Waals surface area contributed by atoms with Gasteiger partial charge in [0.15, 0.2) is 5.82 Å². The van der Waals surface area contributed by atoms with E-state index < -0.39 is 11.7 Å². The van der Waals surface area contributed by atoms with Gasteiger partial charge in [0.25, 0.3) is 0 Å². The molecular weight excluding hydrogens is 447 g/mol. The summed E-state index contributed by atoms with van der Waals surface area (Å²) in [5, 5.41) is 4.21. The van der Waals surface area contributed by atoms with Crippen LogP contribution in [0.5, 0.6) is 0 Å². The number of fused-ring (bicyclic) bond motifs is 1. The molecule has 0 amide bonds. The lowest BCUT2D eigenvalue weighted by atomic mass is 10.0. The average Bonchev–Trinajstić information content (AvgIpc) is 3.31. The van der Waals surface area contributed by atoms with Crippen LogP contribution in [0.15, 0.2) is 48.1 Å². The highest BCUT2D eigenvalue weighted by molar-refractivity contribution is 7.13. The number of para-hydroxylation sites is 1. The molecule has 0 spiro atoms. The maximum absolute atomic E-state index is 13.7. The van der Waals surface area contributed by atoms with Crippen molar-refractivity contribution < 1.29 is 13.2 Å². The van der Waals surface area contributed by atoms with Crippen LogP contribution < -0.4 is 5.32 Å². The monoisotopic (exact) mass is 471 g/mol. The van der Waals surface area contributed by atoms with Gasteiger partial charge in [-0.2, -0.15) is 13.2 Å². The summed E-state index contributed by atoms with van der Waals surface area (Å²) in [6, 6.07) is 9.73. The molecule has 0 aliphatic carbocycles. The number of halogens is 3. The fourth-order valence-corrected chi connectivity index (χ4v) is 4.19. The number of nitrogens with one attached hydrogen (secondary N) is 1. The summed E-state index contributed by atoms with van der Waals surface area (Å²) in [4.78, 5) is 16.1. The van der Waals surface area contributed by atoms with Gasteiger partial charge < -0.3 is 10.2 Å². The van der Waals surface area contributed by atoms with Crippen LogP contribution in [0, 0.1) is 6.92 Å². The molecule has 0 fully saturated rings. The molecule has 0 saturated carbocycles. The first-order chi connectivity index (χ1) is 15.7. The van der Waals surface area contributed by atoms with Crippen LogP contribution in [0.3, 0.4) is 0 Å². The number of anilines is 1. The Morgan fingerprint density at radius 3 is 2.55 bits per heavy atom. The zero-order valence-corrected chi connectivity index (χ0v) is 19.4. The molecule has 4 aromatic rings. The molecule has 172 valence electrons. The number of aryl methyl sites for hydroxylation is 1. The number of nitrogens with zero attached hydrogens (tertiary/aromatic N) is 4. The van der Waals surface area contributed by atoms with E-state index in [4.69, 9.17) is 0 Å². The lowest BCUT2D eigenvalue weighted by molar-refractivity contribution is -0.137. The summed E-state index contributed by atoms with van der Waals surface area (Å²) in [6.07, 6.45) is -2.03. The summed E-state index contributed by atoms with van der Waals surface area (Å²) in [5.74, 6) is 0.873. The minimum absolute atomic E-state index is 0.253. The summed E-state index contributed by atoms with van der Waals surface area (Å²) in [5.41, 5.74) is 3.26. The lowest BCUT2D eigenvalue weighted by Gasteiger charge is -2.15. The Morgan fingerprint density at radius 2 is 1.85 bits per heavy atom. The van der Waals surface area contributed by atoms with Crippen LogP contribution in [0.4, 0.5) is 19.0 Å². The van der Waals surface area contributed by atoms with Gasteiger partial charge in [-0.15, -0.1) is 11.3 Å². The van der Waals surface area contributed by atoms with Crippen LogP contribution in [-0.4, -0.2) is 47.0 Å². The quantitative estimate of drug-likeness (QED) is 0.330. The van der Waals surface area contributed by atoms with Crippen molar-refractivity contribution in [2.24, 2.45) is 0 Å². The first kappa shape index (κ1) is 23.1. The molecular formula is C24H24F3N5S. The number of hydrogen-bond acceptors (Lipinski definition) is 6. The van der Waals surface area contributed by atoms with Crippen molar-refractivity contribution in [3.05, 3.63) is 59.2 Å². The molecule has 9 heteroatoms. The minimum atomic E-state index is -4.49. The van der Waals surface area contributed by atoms with Gasteiger partial charge in [-0.3, -0.25) is 4.98 Å². The highest BCUT2D eigenvalue weighted by Crippen LogP contribution is 2.37. The van der Waals surface area contributed by atoms with E-state index in [9.17, 15) is 13.2 Å². The van der Waals surface area contributed by atoms with Gasteiger partial charge in [0.1, 0.15) is 5.82 Å². The largest absolute Gasteiger partial charge is 0.416 e. The molecule has 4 rings (SSSR count). The van der Waals surface area contributed by atoms with Crippen molar-refractivity contribution in [2.75, 3.05) is 32.5 Å². The van der Waals surface area contributed by atoms with E-state index in [2.05, 4.69) is 25.2 Å². The predicted molar refractivity (Wildman–Crippen MR) is 127 cm³/mol. The molecule has 33 heavy (non-hydrogen) atoms. The van der Waals surface area contributed by atoms with Crippen LogP contribution in [-0.2, 0) is 6.18 Å². The second kappa shape index (κ2) is 9.44. The molecule has 2 heterocycles. The van der Waals surface area contributed by atoms with E-state index in [1.807, 2.05) is 39.2 Å². The normalized spacial score (nSPS) is 12.0. The third kappa shape index (κ3) is 5.31. The Morgan fingerprint density at radius 1 is 1.06 bits per heavy atom. The van der Waals surface area contributed by atoms with Crippen LogP contribution >= 0.6 is 11.3 Å². The summed E-state index contributed by atoms with van der Waals surface area (Å²) in [7, 11) is 4.02. The van der Waals surface area contributed by atoms with Crippen LogP contribution in [0.1, 0.15) is 17.5 Å². The second-order valence-corrected chi connectivity index (χ2v) is 9.00. The van der Waals surface area contributed by atoms with Gasteiger partial charge in [0.2, 0.25) is 0 Å². The zero-order chi connectivity index (χ0) is 23.6. The van der Waals surface area contributed by atoms with Gasteiger partial charge >= 0.3 is 6.18 Å². The Balaban J connectivity index is 1.83. The Bertz CT molecular complexity index is 1250. The smallest absolute Gasteiger partial charge is 0.369 e. The number of aromatic nitrogens is 3. The summed E-state index contributed by atoms with van der Waals surface area (Å²) < 4.78 is 41.1. The predicted octanol–water partition coefficient (Wildman–Crippen LogP) is 6.11. The maximum atomic E-state index is 13.7. The molecule has 0 atom stereocenters. The highest BCUT2D eigenvalue weighted by atomic mass is 32.1. The fraction of sp³-hybridized carbons (Fsp3) is 0.292. The van der Waals surface area contributed by atoms with Gasteiger partial charge in [-0.25, -0.2) is 9.97 Å². The average molecular weight is 472 g/mol. The number of alkyl halides is 3. The van der Waals surface area contributed by atoms with Gasteiger partial charge in [0.05, 0.1) is 21.5 Å². The standard InChI is InChI=1S/C24H24F3N5S/c1-15-6-4-7-19-21(15)30-22(31-23(19)29-8-5-9-32(2)3)17-10-16(20-13-28-14-33-20)11-18(12-17)24(25,26)27/h4,6-7,10-14H,5,8-9H2,1-3H3,(H,29,30,31). The van der Waals surface area contributed by atoms with Crippen molar-refractivity contribution in [1.29, 1.82) is 0 Å². The number of hydrogen-bond donors (Lipinski definition) is 1. The van der Waals surface area contributed by atoms with E-state index in [-0.39, 0.29) is 5.82 Å². The molecule has 1 N–H and O–H groups in total. The molecule has 2 aromatic heterocycles.